The predicted octanol–water partition coefficient (Wildman–Crippen LogP) is 1.49. The van der Waals surface area contributed by atoms with Crippen molar-refractivity contribution in [2.45, 2.75) is 30.6 Å². The van der Waals surface area contributed by atoms with Crippen molar-refractivity contribution in [1.82, 2.24) is 4.72 Å². The Kier molecular flexibility index (Phi) is 8.14. The average molecular weight is 387 g/mol. The number of unbranched alkanes of at least 4 members (excludes halogenated alkanes) is 2. The fourth-order valence-electron chi connectivity index (χ4n) is 2.36. The van der Waals surface area contributed by atoms with Crippen molar-refractivity contribution < 1.29 is 32.2 Å². The number of sulfonamides is 1. The molecule has 0 unspecified atom stereocenters. The van der Waals surface area contributed by atoms with Crippen molar-refractivity contribution in [3.63, 3.8) is 0 Å². The number of carbonyl (C=O) groups is 1. The maximum atomic E-state index is 12.3. The summed E-state index contributed by atoms with van der Waals surface area (Å²) in [7, 11) is -2.06. The molecule has 1 aromatic rings. The Balaban J connectivity index is 1.68. The van der Waals surface area contributed by atoms with Gasteiger partial charge in [-0.3, -0.25) is 4.79 Å². The number of carbonyl (C=O) groups excluding carboxylic acids is 1. The molecule has 0 amide bonds. The summed E-state index contributed by atoms with van der Waals surface area (Å²) >= 11 is 0. The Labute approximate surface area is 153 Å². The number of hydrogen-bond acceptors (Lipinski definition) is 7. The van der Waals surface area contributed by atoms with Gasteiger partial charge in [0.15, 0.2) is 11.5 Å². The molecule has 0 fully saturated rings. The van der Waals surface area contributed by atoms with Crippen LogP contribution in [0.3, 0.4) is 0 Å². The molecule has 0 aliphatic carbocycles. The molecular weight excluding hydrogens is 362 g/mol. The summed E-state index contributed by atoms with van der Waals surface area (Å²) in [5, 5.41) is 0. The molecule has 1 heterocycles. The second-order valence-corrected chi connectivity index (χ2v) is 7.49. The van der Waals surface area contributed by atoms with Crippen LogP contribution in [0.1, 0.15) is 25.7 Å². The minimum absolute atomic E-state index is 0.142. The Bertz CT molecular complexity index is 690. The molecule has 1 N–H and O–H groups in total. The van der Waals surface area contributed by atoms with Crippen molar-refractivity contribution in [3.05, 3.63) is 18.2 Å². The van der Waals surface area contributed by atoms with Crippen LogP contribution in [0.25, 0.3) is 0 Å². The SMILES string of the molecule is COCCOC(=O)CCCCCNS(=O)(=O)c1ccc2c(c1)OCCO2. The fourth-order valence-corrected chi connectivity index (χ4v) is 3.45. The zero-order valence-electron chi connectivity index (χ0n) is 14.9. The van der Waals surface area contributed by atoms with E-state index in [-0.39, 0.29) is 17.5 Å². The van der Waals surface area contributed by atoms with E-state index < -0.39 is 10.0 Å². The molecule has 0 aromatic heterocycles. The Morgan fingerprint density at radius 2 is 1.88 bits per heavy atom. The third-order valence-electron chi connectivity index (χ3n) is 3.72. The minimum atomic E-state index is -3.60. The first kappa shape index (κ1) is 20.5. The van der Waals surface area contributed by atoms with Crippen molar-refractivity contribution in [2.75, 3.05) is 40.1 Å². The number of ether oxygens (including phenoxy) is 4. The number of methoxy groups -OCH3 is 1. The molecule has 0 bridgehead atoms. The molecule has 1 aliphatic heterocycles. The summed E-state index contributed by atoms with van der Waals surface area (Å²) in [6.45, 7) is 1.79. The fraction of sp³-hybridized carbons (Fsp3) is 0.588. The summed E-state index contributed by atoms with van der Waals surface area (Å²) < 4.78 is 47.7. The van der Waals surface area contributed by atoms with E-state index in [1.54, 1.807) is 13.2 Å². The smallest absolute Gasteiger partial charge is 0.305 e. The van der Waals surface area contributed by atoms with E-state index in [1.807, 2.05) is 0 Å². The monoisotopic (exact) mass is 387 g/mol. The summed E-state index contributed by atoms with van der Waals surface area (Å²) in [6, 6.07) is 4.55. The Hall–Kier alpha value is -1.84. The van der Waals surface area contributed by atoms with Gasteiger partial charge in [-0.05, 0) is 25.0 Å². The van der Waals surface area contributed by atoms with Gasteiger partial charge in [-0.2, -0.15) is 0 Å². The highest BCUT2D eigenvalue weighted by Crippen LogP contribution is 2.32. The highest BCUT2D eigenvalue weighted by molar-refractivity contribution is 7.89. The van der Waals surface area contributed by atoms with Crippen molar-refractivity contribution >= 4 is 16.0 Å². The van der Waals surface area contributed by atoms with Gasteiger partial charge in [-0.1, -0.05) is 6.42 Å². The van der Waals surface area contributed by atoms with E-state index in [0.717, 1.165) is 6.42 Å². The third kappa shape index (κ3) is 6.47. The van der Waals surface area contributed by atoms with Crippen molar-refractivity contribution in [3.8, 4) is 11.5 Å². The quantitative estimate of drug-likeness (QED) is 0.453. The maximum Gasteiger partial charge on any atom is 0.305 e. The maximum absolute atomic E-state index is 12.3. The highest BCUT2D eigenvalue weighted by atomic mass is 32.2. The summed E-state index contributed by atoms with van der Waals surface area (Å²) in [4.78, 5) is 11.5. The molecule has 1 aromatic carbocycles. The van der Waals surface area contributed by atoms with Crippen LogP contribution in [0.15, 0.2) is 23.1 Å². The molecule has 2 rings (SSSR count). The number of esters is 1. The van der Waals surface area contributed by atoms with E-state index in [4.69, 9.17) is 18.9 Å². The number of benzene rings is 1. The first-order valence-corrected chi connectivity index (χ1v) is 10.0. The van der Waals surface area contributed by atoms with Crippen LogP contribution in [-0.4, -0.2) is 54.5 Å². The second-order valence-electron chi connectivity index (χ2n) is 5.73. The van der Waals surface area contributed by atoms with Gasteiger partial charge in [0.05, 0.1) is 11.5 Å². The van der Waals surface area contributed by atoms with Gasteiger partial charge in [0.25, 0.3) is 0 Å². The standard InChI is InChI=1S/C17H25NO7S/c1-22-9-10-25-17(19)5-3-2-4-8-18-26(20,21)14-6-7-15-16(13-14)24-12-11-23-15/h6-7,13,18H,2-5,8-12H2,1H3. The van der Waals surface area contributed by atoms with Gasteiger partial charge < -0.3 is 18.9 Å². The van der Waals surface area contributed by atoms with Gasteiger partial charge >= 0.3 is 5.97 Å². The van der Waals surface area contributed by atoms with E-state index in [0.29, 0.717) is 57.1 Å². The highest BCUT2D eigenvalue weighted by Gasteiger charge is 2.18. The van der Waals surface area contributed by atoms with Gasteiger partial charge in [0.1, 0.15) is 19.8 Å². The number of fused-ring (bicyclic) bond motifs is 1. The lowest BCUT2D eigenvalue weighted by molar-refractivity contribution is -0.145. The molecule has 8 nitrogen and oxygen atoms in total. The Morgan fingerprint density at radius 1 is 1.12 bits per heavy atom. The summed E-state index contributed by atoms with van der Waals surface area (Å²) in [5.41, 5.74) is 0. The van der Waals surface area contributed by atoms with Gasteiger partial charge in [0.2, 0.25) is 10.0 Å². The molecule has 146 valence electrons. The van der Waals surface area contributed by atoms with Gasteiger partial charge in [-0.15, -0.1) is 0 Å². The lowest BCUT2D eigenvalue weighted by Gasteiger charge is -2.18. The van der Waals surface area contributed by atoms with Gasteiger partial charge in [-0.25, -0.2) is 13.1 Å². The number of hydrogen-bond donors (Lipinski definition) is 1. The number of rotatable bonds is 11. The van der Waals surface area contributed by atoms with E-state index in [1.165, 1.54) is 12.1 Å². The first-order valence-electron chi connectivity index (χ1n) is 8.57. The molecule has 0 spiro atoms. The molecule has 0 radical (unpaired) electrons. The molecule has 1 aliphatic rings. The average Bonchev–Trinajstić information content (AvgIpc) is 2.64. The molecule has 0 saturated heterocycles. The molecular formula is C17H25NO7S. The summed E-state index contributed by atoms with van der Waals surface area (Å²) in [6.07, 6.45) is 2.33. The van der Waals surface area contributed by atoms with Crippen LogP contribution >= 0.6 is 0 Å². The van der Waals surface area contributed by atoms with E-state index >= 15 is 0 Å². The van der Waals surface area contributed by atoms with Crippen LogP contribution in [0.2, 0.25) is 0 Å². The minimum Gasteiger partial charge on any atom is -0.486 e. The predicted molar refractivity (Wildman–Crippen MR) is 93.9 cm³/mol. The van der Waals surface area contributed by atoms with Crippen LogP contribution in [0, 0.1) is 0 Å². The van der Waals surface area contributed by atoms with E-state index in [9.17, 15) is 13.2 Å². The van der Waals surface area contributed by atoms with Crippen LogP contribution in [0.4, 0.5) is 0 Å². The van der Waals surface area contributed by atoms with E-state index in [2.05, 4.69) is 4.72 Å². The van der Waals surface area contributed by atoms with Crippen molar-refractivity contribution in [2.24, 2.45) is 0 Å². The molecule has 26 heavy (non-hydrogen) atoms. The topological polar surface area (TPSA) is 100 Å². The van der Waals surface area contributed by atoms with Crippen LogP contribution in [-0.2, 0) is 24.3 Å². The molecule has 0 atom stereocenters. The van der Waals surface area contributed by atoms with Gasteiger partial charge in [0, 0.05) is 26.1 Å². The zero-order chi connectivity index (χ0) is 18.8. The Morgan fingerprint density at radius 3 is 2.65 bits per heavy atom. The lowest BCUT2D eigenvalue weighted by Crippen LogP contribution is -2.25. The normalized spacial score (nSPS) is 13.4. The zero-order valence-corrected chi connectivity index (χ0v) is 15.7. The van der Waals surface area contributed by atoms with Crippen LogP contribution in [0.5, 0.6) is 11.5 Å². The third-order valence-corrected chi connectivity index (χ3v) is 5.18. The molecule has 0 saturated carbocycles. The van der Waals surface area contributed by atoms with Crippen molar-refractivity contribution in [1.29, 1.82) is 0 Å². The lowest BCUT2D eigenvalue weighted by atomic mass is 10.2. The first-order chi connectivity index (χ1) is 12.5. The summed E-state index contributed by atoms with van der Waals surface area (Å²) in [5.74, 6) is 0.720. The number of nitrogens with one attached hydrogen (secondary N) is 1. The molecule has 9 heteroatoms. The second kappa shape index (κ2) is 10.3. The largest absolute Gasteiger partial charge is 0.486 e. The van der Waals surface area contributed by atoms with Crippen LogP contribution < -0.4 is 14.2 Å².